The van der Waals surface area contributed by atoms with Gasteiger partial charge in [0.1, 0.15) is 17.8 Å². The van der Waals surface area contributed by atoms with Gasteiger partial charge in [-0.25, -0.2) is 4.98 Å². The Hall–Kier alpha value is -2.38. The Bertz CT molecular complexity index is 1050. The van der Waals surface area contributed by atoms with Gasteiger partial charge in [0, 0.05) is 22.7 Å². The second-order valence-corrected chi connectivity index (χ2v) is 7.28. The van der Waals surface area contributed by atoms with E-state index in [1.54, 1.807) is 19.1 Å². The number of hydrogen-bond acceptors (Lipinski definition) is 4. The molecule has 8 heteroatoms. The molecule has 0 fully saturated rings. The van der Waals surface area contributed by atoms with Crippen molar-refractivity contribution in [2.75, 3.05) is 4.90 Å². The molecule has 1 unspecified atom stereocenters. The molecule has 140 valence electrons. The first-order chi connectivity index (χ1) is 13.0. The lowest BCUT2D eigenvalue weighted by molar-refractivity contribution is -0.0507. The van der Waals surface area contributed by atoms with E-state index in [1.807, 2.05) is 27.7 Å². The molecule has 5 rings (SSSR count). The van der Waals surface area contributed by atoms with Crippen molar-refractivity contribution in [2.45, 2.75) is 38.3 Å². The van der Waals surface area contributed by atoms with Crippen LogP contribution in [0.5, 0.6) is 5.75 Å². The fourth-order valence-corrected chi connectivity index (χ4v) is 4.64. The summed E-state index contributed by atoms with van der Waals surface area (Å²) in [6.07, 6.45) is -0.196. The smallest absolute Gasteiger partial charge is 0.387 e. The van der Waals surface area contributed by atoms with Crippen molar-refractivity contribution in [1.82, 2.24) is 9.55 Å². The van der Waals surface area contributed by atoms with Gasteiger partial charge < -0.3 is 19.3 Å². The van der Waals surface area contributed by atoms with Crippen LogP contribution in [0.25, 0.3) is 11.0 Å². The van der Waals surface area contributed by atoms with Crippen LogP contribution in [0.4, 0.5) is 14.5 Å². The van der Waals surface area contributed by atoms with Crippen molar-refractivity contribution >= 4 is 28.3 Å². The first-order valence-corrected chi connectivity index (χ1v) is 9.05. The van der Waals surface area contributed by atoms with Gasteiger partial charge in [0.2, 0.25) is 0 Å². The van der Waals surface area contributed by atoms with E-state index in [4.69, 9.17) is 21.3 Å². The number of anilines is 1. The molecule has 3 aromatic rings. The maximum absolute atomic E-state index is 13.0. The van der Waals surface area contributed by atoms with Crippen molar-refractivity contribution in [2.24, 2.45) is 0 Å². The number of aliphatic hydroxyl groups excluding tert-OH is 1. The molecule has 0 saturated carbocycles. The van der Waals surface area contributed by atoms with Crippen LogP contribution in [0.3, 0.4) is 0 Å². The van der Waals surface area contributed by atoms with Crippen molar-refractivity contribution in [3.8, 4) is 5.75 Å². The number of hydrogen-bond donors (Lipinski definition) is 1. The third-order valence-electron chi connectivity index (χ3n) is 5.34. The molecule has 0 radical (unpaired) electrons. The van der Waals surface area contributed by atoms with Gasteiger partial charge in [0.25, 0.3) is 0 Å². The van der Waals surface area contributed by atoms with Gasteiger partial charge in [-0.15, -0.1) is 0 Å². The SMILES string of the molecule is CC(O)N1c2cccc(OC(F)F)c2[C@H]2C[C@@H]1c1nc3ccc(Cl)cc3n12. The maximum Gasteiger partial charge on any atom is 0.387 e. The highest BCUT2D eigenvalue weighted by molar-refractivity contribution is 6.31. The van der Waals surface area contributed by atoms with Crippen LogP contribution in [0.2, 0.25) is 5.02 Å². The van der Waals surface area contributed by atoms with Crippen molar-refractivity contribution in [1.29, 1.82) is 0 Å². The van der Waals surface area contributed by atoms with Crippen LogP contribution < -0.4 is 9.64 Å². The van der Waals surface area contributed by atoms with E-state index in [-0.39, 0.29) is 17.8 Å². The summed E-state index contributed by atoms with van der Waals surface area (Å²) in [7, 11) is 0. The summed E-state index contributed by atoms with van der Waals surface area (Å²) in [6.45, 7) is -1.27. The van der Waals surface area contributed by atoms with Crippen LogP contribution in [0, 0.1) is 0 Å². The van der Waals surface area contributed by atoms with E-state index in [0.717, 1.165) is 16.9 Å². The van der Waals surface area contributed by atoms with Gasteiger partial charge in [0.05, 0.1) is 23.1 Å². The number of imidazole rings is 1. The summed E-state index contributed by atoms with van der Waals surface area (Å²) >= 11 is 6.18. The molecule has 2 bridgehead atoms. The van der Waals surface area contributed by atoms with Crippen molar-refractivity contribution < 1.29 is 18.6 Å². The largest absolute Gasteiger partial charge is 0.434 e. The van der Waals surface area contributed by atoms with Gasteiger partial charge in [0.15, 0.2) is 0 Å². The summed E-state index contributed by atoms with van der Waals surface area (Å²) in [5.41, 5.74) is 2.94. The lowest BCUT2D eigenvalue weighted by Crippen LogP contribution is -2.38. The summed E-state index contributed by atoms with van der Waals surface area (Å²) < 4.78 is 32.9. The molecular weight excluding hydrogens is 376 g/mol. The predicted octanol–water partition coefficient (Wildman–Crippen LogP) is 4.48. The molecule has 27 heavy (non-hydrogen) atoms. The standard InChI is InChI=1S/C19H16ClF2N3O2/c1-9(26)24-12-3-2-4-16(27-19(21)22)17(12)14-8-15(24)18-23-11-6-5-10(20)7-13(11)25(14)18/h2-7,9,14-15,19,26H,8H2,1H3/t9?,14-,15-/m1/s1. The van der Waals surface area contributed by atoms with E-state index >= 15 is 0 Å². The van der Waals surface area contributed by atoms with E-state index in [1.165, 1.54) is 6.07 Å². The minimum absolute atomic E-state index is 0.119. The Kier molecular flexibility index (Phi) is 3.61. The number of rotatable bonds is 3. The Labute approximate surface area is 158 Å². The number of fused-ring (bicyclic) bond motifs is 9. The highest BCUT2D eigenvalue weighted by Gasteiger charge is 2.46. The molecule has 5 nitrogen and oxygen atoms in total. The molecule has 2 aliphatic heterocycles. The van der Waals surface area contributed by atoms with Gasteiger partial charge in [-0.1, -0.05) is 17.7 Å². The average molecular weight is 392 g/mol. The molecule has 3 atom stereocenters. The quantitative estimate of drug-likeness (QED) is 0.715. The highest BCUT2D eigenvalue weighted by Crippen LogP contribution is 2.55. The normalized spacial score (nSPS) is 21.5. The molecule has 1 N–H and O–H groups in total. The van der Waals surface area contributed by atoms with E-state index < -0.39 is 12.8 Å². The Morgan fingerprint density at radius 2 is 2.07 bits per heavy atom. The number of aliphatic hydroxyl groups is 1. The summed E-state index contributed by atoms with van der Waals surface area (Å²) in [6, 6.07) is 10.1. The second kappa shape index (κ2) is 5.81. The average Bonchev–Trinajstić information content (AvgIpc) is 3.11. The highest BCUT2D eigenvalue weighted by atomic mass is 35.5. The number of aromatic nitrogens is 2. The number of halogens is 3. The Morgan fingerprint density at radius 3 is 2.81 bits per heavy atom. The van der Waals surface area contributed by atoms with E-state index in [2.05, 4.69) is 0 Å². The second-order valence-electron chi connectivity index (χ2n) is 6.85. The molecule has 0 amide bonds. The number of ether oxygens (including phenoxy) is 1. The van der Waals surface area contributed by atoms with Gasteiger partial charge in [-0.3, -0.25) is 0 Å². The minimum Gasteiger partial charge on any atom is -0.434 e. The molecule has 2 aliphatic rings. The number of benzene rings is 2. The van der Waals surface area contributed by atoms with Crippen LogP contribution in [0.1, 0.15) is 36.8 Å². The van der Waals surface area contributed by atoms with Crippen molar-refractivity contribution in [3.05, 3.63) is 52.8 Å². The summed E-state index contributed by atoms with van der Waals surface area (Å²) in [5.74, 6) is 0.908. The fraction of sp³-hybridized carbons (Fsp3) is 0.316. The summed E-state index contributed by atoms with van der Waals surface area (Å²) in [5, 5.41) is 11.0. The first-order valence-electron chi connectivity index (χ1n) is 8.67. The monoisotopic (exact) mass is 391 g/mol. The molecule has 0 spiro atoms. The number of alkyl halides is 2. The van der Waals surface area contributed by atoms with Gasteiger partial charge in [-0.2, -0.15) is 8.78 Å². The minimum atomic E-state index is -2.93. The third-order valence-corrected chi connectivity index (χ3v) is 5.58. The van der Waals surface area contributed by atoms with Crippen LogP contribution in [-0.4, -0.2) is 27.5 Å². The lowest BCUT2D eigenvalue weighted by atomic mass is 9.92. The maximum atomic E-state index is 13.0. The van der Waals surface area contributed by atoms with E-state index in [9.17, 15) is 13.9 Å². The van der Waals surface area contributed by atoms with Gasteiger partial charge >= 0.3 is 6.61 Å². The Morgan fingerprint density at radius 1 is 1.26 bits per heavy atom. The third kappa shape index (κ3) is 2.34. The topological polar surface area (TPSA) is 50.5 Å². The molecular formula is C19H16ClF2N3O2. The molecule has 3 heterocycles. The van der Waals surface area contributed by atoms with Crippen LogP contribution in [0.15, 0.2) is 36.4 Å². The molecule has 2 aromatic carbocycles. The first kappa shape index (κ1) is 16.8. The molecule has 0 saturated heterocycles. The molecule has 0 aliphatic carbocycles. The Balaban J connectivity index is 1.80. The predicted molar refractivity (Wildman–Crippen MR) is 97.5 cm³/mol. The van der Waals surface area contributed by atoms with Crippen LogP contribution in [-0.2, 0) is 0 Å². The van der Waals surface area contributed by atoms with Gasteiger partial charge in [-0.05, 0) is 37.3 Å². The van der Waals surface area contributed by atoms with E-state index in [0.29, 0.717) is 22.7 Å². The fourth-order valence-electron chi connectivity index (χ4n) is 4.48. The zero-order valence-corrected chi connectivity index (χ0v) is 15.1. The lowest BCUT2D eigenvalue weighted by Gasteiger charge is -2.38. The number of nitrogens with zero attached hydrogens (tertiary/aromatic N) is 3. The van der Waals surface area contributed by atoms with Crippen molar-refractivity contribution in [3.63, 3.8) is 0 Å². The molecule has 1 aromatic heterocycles. The zero-order chi connectivity index (χ0) is 18.9. The van der Waals surface area contributed by atoms with Crippen LogP contribution >= 0.6 is 11.6 Å². The zero-order valence-electron chi connectivity index (χ0n) is 14.3. The summed E-state index contributed by atoms with van der Waals surface area (Å²) in [4.78, 5) is 6.56.